The molecule has 92 valence electrons. The van der Waals surface area contributed by atoms with E-state index in [1.165, 1.54) is 44.2 Å². The van der Waals surface area contributed by atoms with Crippen LogP contribution in [0.2, 0.25) is 0 Å². The standard InChI is InChI=1S/C14H26N2/c1-4-6-7-9-14(3,8-5-2)10-13-11-15-12-16-13/h11-12H,4-10H2,1-3H3,(H,15,16). The van der Waals surface area contributed by atoms with Crippen LogP contribution in [-0.2, 0) is 6.42 Å². The van der Waals surface area contributed by atoms with Gasteiger partial charge in [0, 0.05) is 11.9 Å². The maximum Gasteiger partial charge on any atom is 0.0921 e. The van der Waals surface area contributed by atoms with E-state index in [9.17, 15) is 0 Å². The molecular weight excluding hydrogens is 196 g/mol. The highest BCUT2D eigenvalue weighted by molar-refractivity contribution is 4.99. The molecule has 0 aliphatic rings. The Balaban J connectivity index is 2.50. The van der Waals surface area contributed by atoms with Crippen molar-refractivity contribution in [2.75, 3.05) is 0 Å². The molecule has 0 aliphatic heterocycles. The number of aromatic nitrogens is 2. The molecule has 0 bridgehead atoms. The van der Waals surface area contributed by atoms with E-state index in [0.717, 1.165) is 6.42 Å². The lowest BCUT2D eigenvalue weighted by Crippen LogP contribution is -2.19. The van der Waals surface area contributed by atoms with E-state index in [0.29, 0.717) is 5.41 Å². The minimum absolute atomic E-state index is 0.455. The van der Waals surface area contributed by atoms with Crippen LogP contribution in [0.1, 0.15) is 65.0 Å². The molecule has 1 rings (SSSR count). The number of unbranched alkanes of at least 4 members (excludes halogenated alkanes) is 2. The van der Waals surface area contributed by atoms with Gasteiger partial charge < -0.3 is 4.98 Å². The summed E-state index contributed by atoms with van der Waals surface area (Å²) in [5.41, 5.74) is 1.74. The molecule has 0 saturated heterocycles. The second kappa shape index (κ2) is 6.72. The summed E-state index contributed by atoms with van der Waals surface area (Å²) in [4.78, 5) is 7.34. The van der Waals surface area contributed by atoms with E-state index in [1.54, 1.807) is 6.33 Å². The summed E-state index contributed by atoms with van der Waals surface area (Å²) >= 11 is 0. The molecule has 1 heterocycles. The van der Waals surface area contributed by atoms with Gasteiger partial charge in [-0.25, -0.2) is 4.98 Å². The lowest BCUT2D eigenvalue weighted by atomic mass is 9.77. The van der Waals surface area contributed by atoms with Crippen LogP contribution in [0.4, 0.5) is 0 Å². The summed E-state index contributed by atoms with van der Waals surface area (Å²) in [5, 5.41) is 0. The Hall–Kier alpha value is -0.790. The summed E-state index contributed by atoms with van der Waals surface area (Å²) in [6, 6.07) is 0. The first-order valence-corrected chi connectivity index (χ1v) is 6.67. The number of imidazole rings is 1. The normalized spacial score (nSPS) is 14.9. The summed E-state index contributed by atoms with van der Waals surface area (Å²) in [6.07, 6.45) is 12.9. The molecule has 1 N–H and O–H groups in total. The summed E-state index contributed by atoms with van der Waals surface area (Å²) in [5.74, 6) is 0. The second-order valence-electron chi connectivity index (χ2n) is 5.27. The van der Waals surface area contributed by atoms with Crippen molar-refractivity contribution < 1.29 is 0 Å². The van der Waals surface area contributed by atoms with Crippen molar-refractivity contribution in [1.29, 1.82) is 0 Å². The Bertz CT molecular complexity index is 266. The number of hydrogen-bond donors (Lipinski definition) is 1. The molecular formula is C14H26N2. The Morgan fingerprint density at radius 3 is 2.56 bits per heavy atom. The molecule has 0 amide bonds. The summed E-state index contributed by atoms with van der Waals surface area (Å²) < 4.78 is 0. The summed E-state index contributed by atoms with van der Waals surface area (Å²) in [6.45, 7) is 6.98. The maximum absolute atomic E-state index is 4.11. The van der Waals surface area contributed by atoms with Crippen LogP contribution in [0.3, 0.4) is 0 Å². The molecule has 1 aromatic rings. The van der Waals surface area contributed by atoms with Crippen LogP contribution >= 0.6 is 0 Å². The van der Waals surface area contributed by atoms with Crippen LogP contribution in [0.5, 0.6) is 0 Å². The molecule has 2 heteroatoms. The van der Waals surface area contributed by atoms with E-state index < -0.39 is 0 Å². The third-order valence-corrected chi connectivity index (χ3v) is 3.41. The third kappa shape index (κ3) is 4.38. The van der Waals surface area contributed by atoms with Crippen molar-refractivity contribution in [1.82, 2.24) is 9.97 Å². The zero-order valence-electron chi connectivity index (χ0n) is 11.1. The van der Waals surface area contributed by atoms with Crippen LogP contribution < -0.4 is 0 Å². The topological polar surface area (TPSA) is 28.7 Å². The van der Waals surface area contributed by atoms with Crippen molar-refractivity contribution in [3.05, 3.63) is 18.2 Å². The van der Waals surface area contributed by atoms with Gasteiger partial charge in [0.15, 0.2) is 0 Å². The Morgan fingerprint density at radius 2 is 2.00 bits per heavy atom. The van der Waals surface area contributed by atoms with Crippen molar-refractivity contribution >= 4 is 0 Å². The van der Waals surface area contributed by atoms with Crippen molar-refractivity contribution in [2.45, 2.75) is 65.7 Å². The van der Waals surface area contributed by atoms with Crippen molar-refractivity contribution in [2.24, 2.45) is 5.41 Å². The average Bonchev–Trinajstić information content (AvgIpc) is 2.71. The van der Waals surface area contributed by atoms with E-state index in [-0.39, 0.29) is 0 Å². The van der Waals surface area contributed by atoms with Gasteiger partial charge in [0.05, 0.1) is 6.33 Å². The first kappa shape index (κ1) is 13.3. The van der Waals surface area contributed by atoms with E-state index in [4.69, 9.17) is 0 Å². The lowest BCUT2D eigenvalue weighted by molar-refractivity contribution is 0.255. The van der Waals surface area contributed by atoms with Crippen LogP contribution in [0, 0.1) is 5.41 Å². The Morgan fingerprint density at radius 1 is 1.19 bits per heavy atom. The van der Waals surface area contributed by atoms with Gasteiger partial charge in [0.25, 0.3) is 0 Å². The van der Waals surface area contributed by atoms with Crippen LogP contribution in [0.25, 0.3) is 0 Å². The van der Waals surface area contributed by atoms with E-state index in [1.807, 2.05) is 6.20 Å². The van der Waals surface area contributed by atoms with E-state index >= 15 is 0 Å². The zero-order valence-corrected chi connectivity index (χ0v) is 11.1. The average molecular weight is 222 g/mol. The first-order chi connectivity index (χ1) is 7.70. The zero-order chi connectivity index (χ0) is 11.9. The Kier molecular flexibility index (Phi) is 5.58. The van der Waals surface area contributed by atoms with Gasteiger partial charge in [-0.1, -0.05) is 46.5 Å². The minimum atomic E-state index is 0.455. The van der Waals surface area contributed by atoms with Gasteiger partial charge in [-0.15, -0.1) is 0 Å². The fraction of sp³-hybridized carbons (Fsp3) is 0.786. The molecule has 0 spiro atoms. The van der Waals surface area contributed by atoms with Gasteiger partial charge in [0.2, 0.25) is 0 Å². The predicted molar refractivity (Wildman–Crippen MR) is 69.4 cm³/mol. The number of nitrogens with one attached hydrogen (secondary N) is 1. The molecule has 1 atom stereocenters. The van der Waals surface area contributed by atoms with Gasteiger partial charge in [-0.05, 0) is 24.7 Å². The smallest absolute Gasteiger partial charge is 0.0921 e. The van der Waals surface area contributed by atoms with Crippen molar-refractivity contribution in [3.8, 4) is 0 Å². The van der Waals surface area contributed by atoms with Gasteiger partial charge in [-0.3, -0.25) is 0 Å². The van der Waals surface area contributed by atoms with Crippen LogP contribution in [-0.4, -0.2) is 9.97 Å². The SMILES string of the molecule is CCCCCC(C)(CCC)Cc1cnc[nH]1. The third-order valence-electron chi connectivity index (χ3n) is 3.41. The molecule has 2 nitrogen and oxygen atoms in total. The molecule has 1 unspecified atom stereocenters. The number of nitrogens with zero attached hydrogens (tertiary/aromatic N) is 1. The van der Waals surface area contributed by atoms with E-state index in [2.05, 4.69) is 30.7 Å². The quantitative estimate of drug-likeness (QED) is 0.651. The highest BCUT2D eigenvalue weighted by Gasteiger charge is 2.23. The molecule has 0 fully saturated rings. The number of aromatic amines is 1. The fourth-order valence-corrected chi connectivity index (χ4v) is 2.55. The predicted octanol–water partition coefficient (Wildman–Crippen LogP) is 4.34. The maximum atomic E-state index is 4.11. The van der Waals surface area contributed by atoms with Gasteiger partial charge in [0.1, 0.15) is 0 Å². The number of H-pyrrole nitrogens is 1. The molecule has 0 aromatic carbocycles. The second-order valence-corrected chi connectivity index (χ2v) is 5.27. The fourth-order valence-electron chi connectivity index (χ4n) is 2.55. The van der Waals surface area contributed by atoms with Crippen molar-refractivity contribution in [3.63, 3.8) is 0 Å². The van der Waals surface area contributed by atoms with Gasteiger partial charge in [-0.2, -0.15) is 0 Å². The monoisotopic (exact) mass is 222 g/mol. The van der Waals surface area contributed by atoms with Crippen LogP contribution in [0.15, 0.2) is 12.5 Å². The highest BCUT2D eigenvalue weighted by Crippen LogP contribution is 2.33. The molecule has 0 aliphatic carbocycles. The molecule has 0 saturated carbocycles. The van der Waals surface area contributed by atoms with Gasteiger partial charge >= 0.3 is 0 Å². The number of hydrogen-bond acceptors (Lipinski definition) is 1. The largest absolute Gasteiger partial charge is 0.348 e. The summed E-state index contributed by atoms with van der Waals surface area (Å²) in [7, 11) is 0. The minimum Gasteiger partial charge on any atom is -0.348 e. The Labute approximate surface area is 99.9 Å². The highest BCUT2D eigenvalue weighted by atomic mass is 14.9. The lowest BCUT2D eigenvalue weighted by Gasteiger charge is -2.29. The molecule has 1 aromatic heterocycles. The molecule has 16 heavy (non-hydrogen) atoms. The molecule has 0 radical (unpaired) electrons. The number of rotatable bonds is 8. The first-order valence-electron chi connectivity index (χ1n) is 6.67.